The molecule has 0 radical (unpaired) electrons. The third-order valence-electron chi connectivity index (χ3n) is 6.79. The second-order valence-electron chi connectivity index (χ2n) is 9.60. The van der Waals surface area contributed by atoms with E-state index in [2.05, 4.69) is 4.90 Å². The smallest absolute Gasteiger partial charge is 0.295 e. The highest BCUT2D eigenvalue weighted by Crippen LogP contribution is 2.40. The van der Waals surface area contributed by atoms with Crippen molar-refractivity contribution in [3.8, 4) is 11.5 Å². The summed E-state index contributed by atoms with van der Waals surface area (Å²) in [5, 5.41) is 11.4. The Morgan fingerprint density at radius 3 is 2.44 bits per heavy atom. The summed E-state index contributed by atoms with van der Waals surface area (Å²) >= 11 is 0. The number of aliphatic hydroxyl groups is 1. The summed E-state index contributed by atoms with van der Waals surface area (Å²) in [7, 11) is 0. The molecule has 3 N–H and O–H groups in total. The molecule has 208 valence electrons. The van der Waals surface area contributed by atoms with Crippen molar-refractivity contribution >= 4 is 23.4 Å². The fourth-order valence-electron chi connectivity index (χ4n) is 4.76. The molecule has 0 aromatic heterocycles. The number of nitrogens with two attached hydrogens (primary N) is 1. The predicted octanol–water partition coefficient (Wildman–Crippen LogP) is 2.40. The second-order valence-corrected chi connectivity index (χ2v) is 9.60. The molecule has 2 amide bonds. The van der Waals surface area contributed by atoms with Gasteiger partial charge in [0.15, 0.2) is 6.61 Å². The van der Waals surface area contributed by atoms with E-state index >= 15 is 0 Å². The Morgan fingerprint density at radius 1 is 1.08 bits per heavy atom. The van der Waals surface area contributed by atoms with E-state index < -0.39 is 23.6 Å². The van der Waals surface area contributed by atoms with Crippen molar-refractivity contribution in [2.45, 2.75) is 26.3 Å². The molecule has 1 atom stereocenters. The van der Waals surface area contributed by atoms with E-state index in [-0.39, 0.29) is 17.9 Å². The number of nitrogens with zero attached hydrogens (tertiary/aromatic N) is 2. The molecule has 0 saturated carbocycles. The zero-order valence-electron chi connectivity index (χ0n) is 22.4. The SMILES string of the molecule is CCCOc1ccc(C(O)=C2C(=O)C(=O)N(CCN3CCOCC3)C2c2ccc(OCC(N)=O)cc2)cc1C. The molecule has 4 rings (SSSR count). The van der Waals surface area contributed by atoms with Crippen LogP contribution in [0.4, 0.5) is 0 Å². The number of carbonyl (C=O) groups excluding carboxylic acids is 3. The maximum absolute atomic E-state index is 13.4. The Labute approximate surface area is 227 Å². The quantitative estimate of drug-likeness (QED) is 0.254. The van der Waals surface area contributed by atoms with Crippen molar-refractivity contribution in [1.82, 2.24) is 9.80 Å². The molecule has 2 heterocycles. The largest absolute Gasteiger partial charge is 0.507 e. The minimum Gasteiger partial charge on any atom is -0.507 e. The molecule has 1 unspecified atom stereocenters. The minimum atomic E-state index is -0.799. The first kappa shape index (κ1) is 28.1. The summed E-state index contributed by atoms with van der Waals surface area (Å²) in [5.74, 6) is -1.13. The number of ketones is 1. The zero-order valence-corrected chi connectivity index (χ0v) is 22.4. The fraction of sp³-hybridized carbons (Fsp3) is 0.414. The van der Waals surface area contributed by atoms with Gasteiger partial charge in [-0.2, -0.15) is 0 Å². The topological polar surface area (TPSA) is 132 Å². The standard InChI is InChI=1S/C29H35N3O7/c1-3-14-38-23-9-6-21(17-19(23)2)27(34)25-26(20-4-7-22(8-5-20)39-18-24(30)33)32(29(36)28(25)35)11-10-31-12-15-37-16-13-31/h4-9,17,26,34H,3,10-16,18H2,1-2H3,(H2,30,33). The molecule has 2 aromatic rings. The number of carbonyl (C=O) groups is 3. The molecule has 10 nitrogen and oxygen atoms in total. The van der Waals surface area contributed by atoms with E-state index in [1.54, 1.807) is 42.5 Å². The minimum absolute atomic E-state index is 0.0226. The molecule has 2 aliphatic heterocycles. The van der Waals surface area contributed by atoms with Crippen LogP contribution >= 0.6 is 0 Å². The number of rotatable bonds is 11. The lowest BCUT2D eigenvalue weighted by Gasteiger charge is -2.31. The van der Waals surface area contributed by atoms with Crippen LogP contribution in [-0.2, 0) is 19.1 Å². The van der Waals surface area contributed by atoms with Gasteiger partial charge in [-0.25, -0.2) is 0 Å². The van der Waals surface area contributed by atoms with Crippen LogP contribution in [-0.4, -0.2) is 85.1 Å². The molecule has 0 bridgehead atoms. The van der Waals surface area contributed by atoms with E-state index in [0.717, 1.165) is 25.1 Å². The van der Waals surface area contributed by atoms with Gasteiger partial charge in [-0.05, 0) is 54.8 Å². The lowest BCUT2D eigenvalue weighted by molar-refractivity contribution is -0.140. The lowest BCUT2D eigenvalue weighted by atomic mass is 9.94. The van der Waals surface area contributed by atoms with Crippen molar-refractivity contribution in [2.24, 2.45) is 5.73 Å². The third kappa shape index (κ3) is 6.58. The summed E-state index contributed by atoms with van der Waals surface area (Å²) in [4.78, 5) is 41.4. The van der Waals surface area contributed by atoms with Crippen LogP contribution in [0.25, 0.3) is 5.76 Å². The monoisotopic (exact) mass is 537 g/mol. The molecule has 2 saturated heterocycles. The summed E-state index contributed by atoms with van der Waals surface area (Å²) in [6.45, 7) is 7.77. The van der Waals surface area contributed by atoms with Gasteiger partial charge in [0.25, 0.3) is 17.6 Å². The van der Waals surface area contributed by atoms with Crippen LogP contribution < -0.4 is 15.2 Å². The molecule has 2 aliphatic rings. The normalized spacial score (nSPS) is 19.3. The first-order valence-electron chi connectivity index (χ1n) is 13.1. The number of morpholine rings is 1. The highest BCUT2D eigenvalue weighted by Gasteiger charge is 2.46. The molecule has 2 aromatic carbocycles. The summed E-state index contributed by atoms with van der Waals surface area (Å²) in [5.41, 5.74) is 7.05. The van der Waals surface area contributed by atoms with Crippen LogP contribution in [0, 0.1) is 6.92 Å². The van der Waals surface area contributed by atoms with E-state index in [4.69, 9.17) is 19.9 Å². The highest BCUT2D eigenvalue weighted by atomic mass is 16.5. The van der Waals surface area contributed by atoms with Gasteiger partial charge in [0.05, 0.1) is 31.4 Å². The zero-order chi connectivity index (χ0) is 27.9. The first-order valence-corrected chi connectivity index (χ1v) is 13.1. The molecular formula is C29H35N3O7. The number of ether oxygens (including phenoxy) is 3. The van der Waals surface area contributed by atoms with Crippen molar-refractivity contribution in [2.75, 3.05) is 52.6 Å². The van der Waals surface area contributed by atoms with Gasteiger partial charge < -0.3 is 30.0 Å². The molecule has 39 heavy (non-hydrogen) atoms. The maximum Gasteiger partial charge on any atom is 0.295 e. The molecule has 10 heteroatoms. The number of aliphatic hydroxyl groups excluding tert-OH is 1. The second kappa shape index (κ2) is 12.8. The number of Topliss-reactive ketones (excluding diaryl/α,β-unsaturated/α-hetero) is 1. The Kier molecular flexibility index (Phi) is 9.21. The Morgan fingerprint density at radius 2 is 1.79 bits per heavy atom. The van der Waals surface area contributed by atoms with Gasteiger partial charge in [0.1, 0.15) is 17.3 Å². The fourth-order valence-corrected chi connectivity index (χ4v) is 4.76. The number of hydrogen-bond donors (Lipinski definition) is 2. The van der Waals surface area contributed by atoms with Crippen LogP contribution in [0.15, 0.2) is 48.0 Å². The predicted molar refractivity (Wildman–Crippen MR) is 144 cm³/mol. The lowest BCUT2D eigenvalue weighted by Crippen LogP contribution is -2.42. The Hall–Kier alpha value is -3.89. The van der Waals surface area contributed by atoms with Gasteiger partial charge in [-0.15, -0.1) is 0 Å². The van der Waals surface area contributed by atoms with Gasteiger partial charge in [0.2, 0.25) is 0 Å². The van der Waals surface area contributed by atoms with Crippen molar-refractivity contribution in [3.63, 3.8) is 0 Å². The van der Waals surface area contributed by atoms with Crippen LogP contribution in [0.1, 0.15) is 36.1 Å². The maximum atomic E-state index is 13.4. The highest BCUT2D eigenvalue weighted by molar-refractivity contribution is 6.46. The number of likely N-dealkylation sites (tertiary alicyclic amines) is 1. The average molecular weight is 538 g/mol. The van der Waals surface area contributed by atoms with Crippen LogP contribution in [0.3, 0.4) is 0 Å². The van der Waals surface area contributed by atoms with Crippen LogP contribution in [0.5, 0.6) is 11.5 Å². The first-order chi connectivity index (χ1) is 18.8. The molecule has 2 fully saturated rings. The number of benzene rings is 2. The molecule has 0 spiro atoms. The summed E-state index contributed by atoms with van der Waals surface area (Å²) in [6.07, 6.45) is 0.863. The van der Waals surface area contributed by atoms with E-state index in [0.29, 0.717) is 55.5 Å². The van der Waals surface area contributed by atoms with Gasteiger partial charge in [0, 0.05) is 31.7 Å². The van der Waals surface area contributed by atoms with Crippen molar-refractivity contribution in [3.05, 3.63) is 64.7 Å². The Balaban J connectivity index is 1.69. The van der Waals surface area contributed by atoms with Crippen molar-refractivity contribution in [1.29, 1.82) is 0 Å². The Bertz CT molecular complexity index is 1240. The third-order valence-corrected chi connectivity index (χ3v) is 6.79. The summed E-state index contributed by atoms with van der Waals surface area (Å²) in [6, 6.07) is 11.1. The van der Waals surface area contributed by atoms with Crippen LogP contribution in [0.2, 0.25) is 0 Å². The van der Waals surface area contributed by atoms with Crippen molar-refractivity contribution < 1.29 is 33.7 Å². The number of aryl methyl sites for hydroxylation is 1. The van der Waals surface area contributed by atoms with E-state index in [1.165, 1.54) is 4.90 Å². The van der Waals surface area contributed by atoms with Gasteiger partial charge in [-0.3, -0.25) is 19.3 Å². The van der Waals surface area contributed by atoms with E-state index in [9.17, 15) is 19.5 Å². The van der Waals surface area contributed by atoms with Gasteiger partial charge >= 0.3 is 0 Å². The molecular weight excluding hydrogens is 502 g/mol. The van der Waals surface area contributed by atoms with E-state index in [1.807, 2.05) is 13.8 Å². The summed E-state index contributed by atoms with van der Waals surface area (Å²) < 4.78 is 16.5. The number of hydrogen-bond acceptors (Lipinski definition) is 8. The molecule has 0 aliphatic carbocycles. The number of amides is 2. The average Bonchev–Trinajstić information content (AvgIpc) is 3.19. The van der Waals surface area contributed by atoms with Gasteiger partial charge in [-0.1, -0.05) is 19.1 Å². The number of primary amides is 1.